The molecule has 1 rings (SSSR count). The molecular formula is C8H10O5. The fraction of sp³-hybridized carbons (Fsp3) is 0.500. The molecule has 2 unspecified atom stereocenters. The van der Waals surface area contributed by atoms with Crippen molar-refractivity contribution in [3.05, 3.63) is 12.7 Å². The molecule has 5 nitrogen and oxygen atoms in total. The third-order valence-electron chi connectivity index (χ3n) is 1.85. The van der Waals surface area contributed by atoms with Gasteiger partial charge in [0.05, 0.1) is 5.92 Å². The first-order chi connectivity index (χ1) is 6.00. The monoisotopic (exact) mass is 186 g/mol. The van der Waals surface area contributed by atoms with Gasteiger partial charge in [-0.15, -0.1) is 0 Å². The minimum Gasteiger partial charge on any atom is -0.460 e. The summed E-state index contributed by atoms with van der Waals surface area (Å²) in [6.45, 7) is 4.73. The Bertz CT molecular complexity index is 259. The normalized spacial score (nSPS) is 32.5. The zero-order chi connectivity index (χ0) is 10.1. The minimum atomic E-state index is -2.15. The first-order valence-electron chi connectivity index (χ1n) is 3.75. The van der Waals surface area contributed by atoms with Gasteiger partial charge in [-0.05, 0) is 0 Å². The summed E-state index contributed by atoms with van der Waals surface area (Å²) in [5.41, 5.74) is 0. The number of carbonyl (C=O) groups is 2. The molecule has 13 heavy (non-hydrogen) atoms. The topological polar surface area (TPSA) is 72.8 Å². The van der Waals surface area contributed by atoms with E-state index in [2.05, 4.69) is 16.1 Å². The van der Waals surface area contributed by atoms with Crippen molar-refractivity contribution < 1.29 is 24.2 Å². The lowest BCUT2D eigenvalue weighted by Gasteiger charge is -2.21. The minimum absolute atomic E-state index is 0.0414. The van der Waals surface area contributed by atoms with Gasteiger partial charge in [0, 0.05) is 6.08 Å². The van der Waals surface area contributed by atoms with E-state index in [1.54, 1.807) is 6.92 Å². The highest BCUT2D eigenvalue weighted by molar-refractivity contribution is 5.87. The fourth-order valence-electron chi connectivity index (χ4n) is 0.956. The molecule has 0 aromatic carbocycles. The Morgan fingerprint density at radius 2 is 2.54 bits per heavy atom. The van der Waals surface area contributed by atoms with Gasteiger partial charge in [0.15, 0.2) is 0 Å². The Kier molecular flexibility index (Phi) is 2.38. The van der Waals surface area contributed by atoms with Crippen LogP contribution in [0.5, 0.6) is 0 Å². The van der Waals surface area contributed by atoms with E-state index < -0.39 is 23.6 Å². The van der Waals surface area contributed by atoms with E-state index >= 15 is 0 Å². The van der Waals surface area contributed by atoms with Crippen LogP contribution in [-0.2, 0) is 19.1 Å². The number of cyclic esters (lactones) is 1. The maximum absolute atomic E-state index is 11.0. The van der Waals surface area contributed by atoms with Crippen molar-refractivity contribution in [1.29, 1.82) is 0 Å². The van der Waals surface area contributed by atoms with E-state index in [4.69, 9.17) is 0 Å². The van der Waals surface area contributed by atoms with Gasteiger partial charge >= 0.3 is 17.7 Å². The van der Waals surface area contributed by atoms with Crippen LogP contribution < -0.4 is 0 Å². The molecule has 0 amide bonds. The van der Waals surface area contributed by atoms with Crippen molar-refractivity contribution >= 4 is 11.9 Å². The van der Waals surface area contributed by atoms with Crippen LogP contribution in [0.3, 0.4) is 0 Å². The molecule has 1 N–H and O–H groups in total. The highest BCUT2D eigenvalue weighted by atomic mass is 16.7. The molecule has 1 heterocycles. The van der Waals surface area contributed by atoms with Crippen LogP contribution >= 0.6 is 0 Å². The van der Waals surface area contributed by atoms with Crippen molar-refractivity contribution in [2.75, 3.05) is 6.61 Å². The van der Waals surface area contributed by atoms with Gasteiger partial charge in [-0.25, -0.2) is 9.59 Å². The SMILES string of the molecule is C=CC(=O)OC1(O)C(=O)OCC1C. The molecule has 0 aromatic rings. The molecule has 2 atom stereocenters. The summed E-state index contributed by atoms with van der Waals surface area (Å²) in [6.07, 6.45) is 0.871. The van der Waals surface area contributed by atoms with E-state index in [1.165, 1.54) is 0 Å². The zero-order valence-corrected chi connectivity index (χ0v) is 7.15. The smallest absolute Gasteiger partial charge is 0.380 e. The van der Waals surface area contributed by atoms with Gasteiger partial charge < -0.3 is 14.6 Å². The number of rotatable bonds is 2. The maximum atomic E-state index is 11.0. The van der Waals surface area contributed by atoms with E-state index in [-0.39, 0.29) is 6.61 Å². The Morgan fingerprint density at radius 3 is 2.92 bits per heavy atom. The number of carbonyl (C=O) groups excluding carboxylic acids is 2. The zero-order valence-electron chi connectivity index (χ0n) is 7.15. The quantitative estimate of drug-likeness (QED) is 0.361. The number of ether oxygens (including phenoxy) is 2. The molecule has 0 aromatic heterocycles. The van der Waals surface area contributed by atoms with Gasteiger partial charge in [0.1, 0.15) is 6.61 Å². The number of hydrogen-bond donors (Lipinski definition) is 1. The first-order valence-corrected chi connectivity index (χ1v) is 3.75. The van der Waals surface area contributed by atoms with Crippen molar-refractivity contribution in [1.82, 2.24) is 0 Å². The second-order valence-electron chi connectivity index (χ2n) is 2.82. The first kappa shape index (κ1) is 9.73. The van der Waals surface area contributed by atoms with Crippen LogP contribution in [0, 0.1) is 5.92 Å². The largest absolute Gasteiger partial charge is 0.460 e. The Labute approximate surface area is 74.9 Å². The van der Waals surface area contributed by atoms with Crippen LogP contribution in [0.4, 0.5) is 0 Å². The Hall–Kier alpha value is -1.36. The number of hydrogen-bond acceptors (Lipinski definition) is 5. The molecule has 5 heteroatoms. The van der Waals surface area contributed by atoms with Gasteiger partial charge in [0.2, 0.25) is 0 Å². The Morgan fingerprint density at radius 1 is 1.92 bits per heavy atom. The third-order valence-corrected chi connectivity index (χ3v) is 1.85. The summed E-state index contributed by atoms with van der Waals surface area (Å²) >= 11 is 0. The van der Waals surface area contributed by atoms with Crippen molar-refractivity contribution in [2.24, 2.45) is 5.92 Å². The van der Waals surface area contributed by atoms with E-state index in [0.717, 1.165) is 6.08 Å². The average molecular weight is 186 g/mol. The molecule has 0 spiro atoms. The van der Waals surface area contributed by atoms with Crippen LogP contribution in [0.2, 0.25) is 0 Å². The predicted octanol–water partition coefficient (Wildman–Crippen LogP) is -0.403. The molecule has 0 radical (unpaired) electrons. The van der Waals surface area contributed by atoms with Gasteiger partial charge in [-0.1, -0.05) is 13.5 Å². The third kappa shape index (κ3) is 1.55. The molecule has 0 aliphatic carbocycles. The van der Waals surface area contributed by atoms with Crippen LogP contribution in [0.15, 0.2) is 12.7 Å². The van der Waals surface area contributed by atoms with Gasteiger partial charge in [-0.3, -0.25) is 0 Å². The highest BCUT2D eigenvalue weighted by Crippen LogP contribution is 2.27. The molecule has 1 saturated heterocycles. The summed E-state index contributed by atoms with van der Waals surface area (Å²) in [6, 6.07) is 0. The van der Waals surface area contributed by atoms with Crippen molar-refractivity contribution in [3.63, 3.8) is 0 Å². The second kappa shape index (κ2) is 3.18. The Balaban J connectivity index is 2.79. The van der Waals surface area contributed by atoms with Gasteiger partial charge in [-0.2, -0.15) is 0 Å². The fourth-order valence-corrected chi connectivity index (χ4v) is 0.956. The number of esters is 2. The summed E-state index contributed by atoms with van der Waals surface area (Å²) in [5.74, 6) is -4.50. The molecule has 0 saturated carbocycles. The summed E-state index contributed by atoms with van der Waals surface area (Å²) in [5, 5.41) is 9.56. The average Bonchev–Trinajstić information content (AvgIpc) is 2.33. The lowest BCUT2D eigenvalue weighted by Crippen LogP contribution is -2.44. The van der Waals surface area contributed by atoms with E-state index in [9.17, 15) is 14.7 Å². The van der Waals surface area contributed by atoms with Crippen LogP contribution in [0.25, 0.3) is 0 Å². The predicted molar refractivity (Wildman–Crippen MR) is 41.4 cm³/mol. The molecular weight excluding hydrogens is 176 g/mol. The molecule has 1 aliphatic rings. The second-order valence-corrected chi connectivity index (χ2v) is 2.82. The standard InChI is InChI=1S/C8H10O5/c1-3-6(9)13-8(11)5(2)4-12-7(8)10/h3,5,11H,1,4H2,2H3. The molecule has 1 fully saturated rings. The molecule has 0 bridgehead atoms. The summed E-state index contributed by atoms with van der Waals surface area (Å²) < 4.78 is 9.02. The van der Waals surface area contributed by atoms with Crippen LogP contribution in [0.1, 0.15) is 6.92 Å². The highest BCUT2D eigenvalue weighted by Gasteiger charge is 2.52. The van der Waals surface area contributed by atoms with Crippen LogP contribution in [-0.4, -0.2) is 29.4 Å². The number of aliphatic hydroxyl groups is 1. The summed E-state index contributed by atoms with van der Waals surface area (Å²) in [4.78, 5) is 21.7. The van der Waals surface area contributed by atoms with E-state index in [1.807, 2.05) is 0 Å². The van der Waals surface area contributed by atoms with Gasteiger partial charge in [0.25, 0.3) is 0 Å². The molecule has 1 aliphatic heterocycles. The van der Waals surface area contributed by atoms with E-state index in [0.29, 0.717) is 0 Å². The lowest BCUT2D eigenvalue weighted by atomic mass is 10.1. The maximum Gasteiger partial charge on any atom is 0.380 e. The van der Waals surface area contributed by atoms with Crippen molar-refractivity contribution in [3.8, 4) is 0 Å². The lowest BCUT2D eigenvalue weighted by molar-refractivity contribution is -0.217. The molecule has 72 valence electrons. The summed E-state index contributed by atoms with van der Waals surface area (Å²) in [7, 11) is 0. The van der Waals surface area contributed by atoms with Crippen molar-refractivity contribution in [2.45, 2.75) is 12.7 Å².